The molecule has 2 bridgehead atoms. The van der Waals surface area contributed by atoms with E-state index < -0.39 is 42.3 Å². The largest absolute Gasteiger partial charge is 0.454 e. The van der Waals surface area contributed by atoms with Crippen molar-refractivity contribution in [2.24, 2.45) is 23.7 Å². The van der Waals surface area contributed by atoms with Crippen molar-refractivity contribution >= 4 is 41.2 Å². The maximum atomic E-state index is 13.3. The van der Waals surface area contributed by atoms with E-state index >= 15 is 0 Å². The van der Waals surface area contributed by atoms with Gasteiger partial charge in [0.15, 0.2) is 6.61 Å². The van der Waals surface area contributed by atoms with Gasteiger partial charge >= 0.3 is 5.97 Å². The van der Waals surface area contributed by atoms with Crippen molar-refractivity contribution in [3.8, 4) is 0 Å². The molecule has 9 nitrogen and oxygen atoms in total. The molecule has 1 saturated heterocycles. The van der Waals surface area contributed by atoms with Crippen LogP contribution in [0.25, 0.3) is 0 Å². The molecule has 1 heterocycles. The molecular weight excluding hydrogens is 498 g/mol. The van der Waals surface area contributed by atoms with Gasteiger partial charge in [0.1, 0.15) is 6.04 Å². The Morgan fingerprint density at radius 2 is 1.54 bits per heavy atom. The maximum absolute atomic E-state index is 13.3. The molecule has 2 aromatic carbocycles. The molecule has 2 aromatic rings. The first-order valence-corrected chi connectivity index (χ1v) is 12.3. The average molecular weight is 522 g/mol. The number of allylic oxidation sites excluding steroid dienone is 2. The van der Waals surface area contributed by atoms with Crippen LogP contribution >= 0.6 is 11.6 Å². The van der Waals surface area contributed by atoms with Crippen LogP contribution in [0.5, 0.6) is 0 Å². The molecule has 2 fully saturated rings. The van der Waals surface area contributed by atoms with Crippen molar-refractivity contribution in [3.63, 3.8) is 0 Å². The van der Waals surface area contributed by atoms with E-state index in [9.17, 15) is 24.0 Å². The number of amides is 4. The van der Waals surface area contributed by atoms with E-state index in [4.69, 9.17) is 16.3 Å². The quantitative estimate of drug-likeness (QED) is 0.249. The fraction of sp³-hybridized carbons (Fsp3) is 0.296. The van der Waals surface area contributed by atoms with Gasteiger partial charge < -0.3 is 4.74 Å². The Labute approximate surface area is 217 Å². The van der Waals surface area contributed by atoms with Gasteiger partial charge in [-0.1, -0.05) is 54.1 Å². The van der Waals surface area contributed by atoms with Crippen LogP contribution < -0.4 is 10.9 Å². The van der Waals surface area contributed by atoms with Gasteiger partial charge in [-0.15, -0.1) is 0 Å². The summed E-state index contributed by atoms with van der Waals surface area (Å²) < 4.78 is 5.21. The molecular formula is C27H24ClN3O6. The third-order valence-electron chi connectivity index (χ3n) is 7.13. The number of carbonyl (C=O) groups excluding carboxylic acids is 5. The standard InChI is InChI=1S/C27H24ClN3O6/c28-19-10-8-16(9-11-19)24(33)30-29-21(32)14-37-27(36)20(12-15-4-2-1-3-5-15)31-25(34)22-17-6-7-18(13-17)23(22)26(31)35/h1-11,17-18,20,22-23H,12-14H2,(H,29,32)(H,30,33)/t17-,18-,20-,22-,23+/m0/s1. The number of carbonyl (C=O) groups is 5. The summed E-state index contributed by atoms with van der Waals surface area (Å²) in [5, 5.41) is 0.458. The van der Waals surface area contributed by atoms with E-state index in [2.05, 4.69) is 10.9 Å². The van der Waals surface area contributed by atoms with Gasteiger partial charge in [0, 0.05) is 17.0 Å². The molecule has 5 rings (SSSR count). The molecule has 2 aliphatic carbocycles. The second-order valence-electron chi connectivity index (χ2n) is 9.37. The highest BCUT2D eigenvalue weighted by Gasteiger charge is 2.61. The fourth-order valence-electron chi connectivity index (χ4n) is 5.42. The second-order valence-corrected chi connectivity index (χ2v) is 9.81. The molecule has 1 saturated carbocycles. The zero-order valence-corrected chi connectivity index (χ0v) is 20.4. The Kier molecular flexibility index (Phi) is 6.80. The number of imide groups is 1. The molecule has 0 radical (unpaired) electrons. The van der Waals surface area contributed by atoms with Crippen LogP contribution in [0.4, 0.5) is 0 Å². The minimum Gasteiger partial charge on any atom is -0.454 e. The molecule has 0 spiro atoms. The number of likely N-dealkylation sites (tertiary alicyclic amines) is 1. The summed E-state index contributed by atoms with van der Waals surface area (Å²) in [4.78, 5) is 65.2. The van der Waals surface area contributed by atoms with E-state index in [0.717, 1.165) is 16.9 Å². The van der Waals surface area contributed by atoms with Crippen LogP contribution in [0.1, 0.15) is 22.3 Å². The summed E-state index contributed by atoms with van der Waals surface area (Å²) in [7, 11) is 0. The number of hydrazine groups is 1. The minimum atomic E-state index is -1.20. The number of hydrogen-bond acceptors (Lipinski definition) is 6. The predicted octanol–water partition coefficient (Wildman–Crippen LogP) is 2.06. The third-order valence-corrected chi connectivity index (χ3v) is 7.38. The summed E-state index contributed by atoms with van der Waals surface area (Å²) in [5.74, 6) is -3.90. The van der Waals surface area contributed by atoms with Crippen LogP contribution in [0, 0.1) is 23.7 Å². The normalized spacial score (nSPS) is 24.1. The van der Waals surface area contributed by atoms with Gasteiger partial charge in [0.05, 0.1) is 11.8 Å². The lowest BCUT2D eigenvalue weighted by molar-refractivity contribution is -0.160. The Bertz CT molecular complexity index is 1250. The molecule has 190 valence electrons. The highest BCUT2D eigenvalue weighted by atomic mass is 35.5. The number of ether oxygens (including phenoxy) is 1. The first-order chi connectivity index (χ1) is 17.8. The fourth-order valence-corrected chi connectivity index (χ4v) is 5.54. The number of esters is 1. The molecule has 0 aromatic heterocycles. The van der Waals surface area contributed by atoms with E-state index in [1.54, 1.807) is 24.3 Å². The summed E-state index contributed by atoms with van der Waals surface area (Å²) in [6.45, 7) is -0.707. The van der Waals surface area contributed by atoms with Crippen LogP contribution in [0.15, 0.2) is 66.7 Å². The van der Waals surface area contributed by atoms with Crippen molar-refractivity contribution in [1.29, 1.82) is 0 Å². The maximum Gasteiger partial charge on any atom is 0.330 e. The summed E-state index contributed by atoms with van der Waals surface area (Å²) >= 11 is 5.80. The highest BCUT2D eigenvalue weighted by molar-refractivity contribution is 6.30. The number of hydrogen-bond donors (Lipinski definition) is 2. The number of halogens is 1. The molecule has 37 heavy (non-hydrogen) atoms. The molecule has 10 heteroatoms. The van der Waals surface area contributed by atoms with E-state index in [-0.39, 0.29) is 35.6 Å². The summed E-state index contributed by atoms with van der Waals surface area (Å²) in [6.07, 6.45) is 4.80. The van der Waals surface area contributed by atoms with Crippen molar-refractivity contribution in [2.75, 3.05) is 6.61 Å². The number of nitrogens with zero attached hydrogens (tertiary/aromatic N) is 1. The third kappa shape index (κ3) is 4.86. The number of benzene rings is 2. The lowest BCUT2D eigenvalue weighted by Gasteiger charge is -2.26. The van der Waals surface area contributed by atoms with Crippen molar-refractivity contribution in [1.82, 2.24) is 15.8 Å². The molecule has 1 aliphatic heterocycles. The van der Waals surface area contributed by atoms with Crippen LogP contribution in [-0.4, -0.2) is 47.1 Å². The van der Waals surface area contributed by atoms with Gasteiger partial charge in [-0.2, -0.15) is 0 Å². The first-order valence-electron chi connectivity index (χ1n) is 11.9. The predicted molar refractivity (Wildman–Crippen MR) is 132 cm³/mol. The minimum absolute atomic E-state index is 0.000116. The van der Waals surface area contributed by atoms with Gasteiger partial charge in [-0.05, 0) is 48.1 Å². The second kappa shape index (κ2) is 10.2. The highest BCUT2D eigenvalue weighted by Crippen LogP contribution is 2.53. The SMILES string of the molecule is O=C(COC(=O)[C@H](Cc1ccccc1)N1C(=O)[C@@H]2[C@H](C1=O)[C@H]1C=C[C@H]2C1)NNC(=O)c1ccc(Cl)cc1. The molecule has 5 atom stereocenters. The zero-order valence-electron chi connectivity index (χ0n) is 19.6. The van der Waals surface area contributed by atoms with Crippen LogP contribution in [0.2, 0.25) is 5.02 Å². The monoisotopic (exact) mass is 521 g/mol. The summed E-state index contributed by atoms with van der Waals surface area (Å²) in [5.41, 5.74) is 5.41. The van der Waals surface area contributed by atoms with E-state index in [0.29, 0.717) is 5.02 Å². The van der Waals surface area contributed by atoms with Gasteiger partial charge in [0.25, 0.3) is 11.8 Å². The van der Waals surface area contributed by atoms with Crippen LogP contribution in [0.3, 0.4) is 0 Å². The summed E-state index contributed by atoms with van der Waals surface area (Å²) in [6, 6.07) is 13.8. The smallest absolute Gasteiger partial charge is 0.330 e. The zero-order chi connectivity index (χ0) is 26.1. The van der Waals surface area contributed by atoms with E-state index in [1.165, 1.54) is 24.3 Å². The molecule has 4 amide bonds. The first kappa shape index (κ1) is 24.7. The van der Waals surface area contributed by atoms with Crippen molar-refractivity contribution in [3.05, 3.63) is 82.9 Å². The molecule has 2 N–H and O–H groups in total. The average Bonchev–Trinajstić information content (AvgIpc) is 3.59. The Balaban J connectivity index is 1.24. The van der Waals surface area contributed by atoms with Gasteiger partial charge in [-0.3, -0.25) is 34.9 Å². The van der Waals surface area contributed by atoms with Gasteiger partial charge in [0.2, 0.25) is 11.8 Å². The van der Waals surface area contributed by atoms with Crippen molar-refractivity contribution in [2.45, 2.75) is 18.9 Å². The molecule has 0 unspecified atom stereocenters. The number of nitrogens with one attached hydrogen (secondary N) is 2. The molecule has 3 aliphatic rings. The van der Waals surface area contributed by atoms with Crippen molar-refractivity contribution < 1.29 is 28.7 Å². The topological polar surface area (TPSA) is 122 Å². The lowest BCUT2D eigenvalue weighted by Crippen LogP contribution is -2.49. The van der Waals surface area contributed by atoms with Gasteiger partial charge in [-0.25, -0.2) is 4.79 Å². The van der Waals surface area contributed by atoms with Crippen LogP contribution in [-0.2, 0) is 30.3 Å². The lowest BCUT2D eigenvalue weighted by atomic mass is 9.85. The Morgan fingerprint density at radius 1 is 0.919 bits per heavy atom. The number of fused-ring (bicyclic) bond motifs is 5. The van der Waals surface area contributed by atoms with E-state index in [1.807, 2.05) is 18.2 Å². The Hall–Kier alpha value is -3.98. The Morgan fingerprint density at radius 3 is 2.16 bits per heavy atom. The number of rotatable bonds is 7.